The fraction of sp³-hybridized carbons (Fsp3) is 0.0909. The molecule has 2 aromatic rings. The third-order valence-corrected chi connectivity index (χ3v) is 3.01. The summed E-state index contributed by atoms with van der Waals surface area (Å²) in [7, 11) is 1.76. The molecule has 0 amide bonds. The third-order valence-electron chi connectivity index (χ3n) is 2.19. The number of aromatic nitrogens is 2. The summed E-state index contributed by atoms with van der Waals surface area (Å²) in [6.45, 7) is 0. The van der Waals surface area contributed by atoms with Crippen LogP contribution in [-0.4, -0.2) is 17.0 Å². The Labute approximate surface area is 118 Å². The van der Waals surface area contributed by atoms with E-state index in [4.69, 9.17) is 17.3 Å². The Balaban J connectivity index is 2.33. The van der Waals surface area contributed by atoms with Gasteiger partial charge in [0.2, 0.25) is 5.95 Å². The summed E-state index contributed by atoms with van der Waals surface area (Å²) in [5, 5.41) is 6.60. The topological polar surface area (TPSA) is 75.9 Å². The van der Waals surface area contributed by atoms with E-state index in [0.717, 1.165) is 10.2 Å². The number of rotatable bonds is 3. The van der Waals surface area contributed by atoms with E-state index in [9.17, 15) is 0 Å². The second-order valence-electron chi connectivity index (χ2n) is 3.50. The molecule has 7 heteroatoms. The Morgan fingerprint density at radius 2 is 1.94 bits per heavy atom. The monoisotopic (exact) mass is 327 g/mol. The van der Waals surface area contributed by atoms with Crippen LogP contribution in [0.15, 0.2) is 28.7 Å². The molecular formula is C11H11BrClN5. The minimum atomic E-state index is 0.190. The van der Waals surface area contributed by atoms with Gasteiger partial charge in [0, 0.05) is 17.6 Å². The number of hydrogen-bond acceptors (Lipinski definition) is 5. The number of nitrogen functional groups attached to an aromatic ring is 1. The quantitative estimate of drug-likeness (QED) is 0.806. The molecule has 1 aromatic carbocycles. The predicted octanol–water partition coefficient (Wildman–Crippen LogP) is 3.26. The van der Waals surface area contributed by atoms with Gasteiger partial charge in [-0.1, -0.05) is 27.5 Å². The lowest BCUT2D eigenvalue weighted by molar-refractivity contribution is 1.17. The standard InChI is InChI=1S/C11H11BrClN5/c1-15-9-5-10(18-11(14)17-9)16-8-4-6(12)2-3-7(8)13/h2-5H,1H3,(H4,14,15,16,17,18). The average Bonchev–Trinajstić information content (AvgIpc) is 2.33. The van der Waals surface area contributed by atoms with Gasteiger partial charge in [-0.05, 0) is 18.2 Å². The van der Waals surface area contributed by atoms with E-state index in [2.05, 4.69) is 36.5 Å². The highest BCUT2D eigenvalue weighted by Gasteiger charge is 2.05. The maximum absolute atomic E-state index is 6.09. The molecule has 0 unspecified atom stereocenters. The van der Waals surface area contributed by atoms with Crippen LogP contribution in [0, 0.1) is 0 Å². The molecule has 1 aromatic heterocycles. The van der Waals surface area contributed by atoms with Crippen molar-refractivity contribution in [3.63, 3.8) is 0 Å². The second kappa shape index (κ2) is 5.41. The largest absolute Gasteiger partial charge is 0.373 e. The van der Waals surface area contributed by atoms with Gasteiger partial charge in [0.15, 0.2) is 0 Å². The van der Waals surface area contributed by atoms with E-state index in [-0.39, 0.29) is 5.95 Å². The molecule has 0 atom stereocenters. The van der Waals surface area contributed by atoms with Crippen molar-refractivity contribution in [2.75, 3.05) is 23.4 Å². The normalized spacial score (nSPS) is 10.2. The second-order valence-corrected chi connectivity index (χ2v) is 4.82. The van der Waals surface area contributed by atoms with E-state index < -0.39 is 0 Å². The van der Waals surface area contributed by atoms with Gasteiger partial charge in [-0.3, -0.25) is 0 Å². The first-order chi connectivity index (χ1) is 8.58. The molecule has 94 valence electrons. The minimum absolute atomic E-state index is 0.190. The van der Waals surface area contributed by atoms with E-state index in [0.29, 0.717) is 16.7 Å². The molecule has 2 rings (SSSR count). The molecule has 0 spiro atoms. The first kappa shape index (κ1) is 12.9. The van der Waals surface area contributed by atoms with Crippen LogP contribution >= 0.6 is 27.5 Å². The highest BCUT2D eigenvalue weighted by atomic mass is 79.9. The molecule has 18 heavy (non-hydrogen) atoms. The molecular weight excluding hydrogens is 318 g/mol. The van der Waals surface area contributed by atoms with Crippen molar-refractivity contribution in [2.24, 2.45) is 0 Å². The van der Waals surface area contributed by atoms with E-state index in [1.165, 1.54) is 0 Å². The summed E-state index contributed by atoms with van der Waals surface area (Å²) >= 11 is 9.47. The zero-order valence-electron chi connectivity index (χ0n) is 9.54. The van der Waals surface area contributed by atoms with Gasteiger partial charge in [0.25, 0.3) is 0 Å². The van der Waals surface area contributed by atoms with Crippen molar-refractivity contribution in [2.45, 2.75) is 0 Å². The Bertz CT molecular complexity index is 575. The summed E-state index contributed by atoms with van der Waals surface area (Å²) in [5.41, 5.74) is 6.35. The lowest BCUT2D eigenvalue weighted by Gasteiger charge is -2.09. The summed E-state index contributed by atoms with van der Waals surface area (Å²) < 4.78 is 0.922. The fourth-order valence-corrected chi connectivity index (χ4v) is 1.92. The van der Waals surface area contributed by atoms with Crippen LogP contribution in [0.3, 0.4) is 0 Å². The first-order valence-electron chi connectivity index (χ1n) is 5.13. The number of benzene rings is 1. The summed E-state index contributed by atoms with van der Waals surface area (Å²) in [4.78, 5) is 8.10. The van der Waals surface area contributed by atoms with Crippen molar-refractivity contribution >= 4 is 50.8 Å². The lowest BCUT2D eigenvalue weighted by Crippen LogP contribution is -2.03. The fourth-order valence-electron chi connectivity index (χ4n) is 1.39. The Kier molecular flexibility index (Phi) is 3.88. The van der Waals surface area contributed by atoms with Crippen LogP contribution in [0.25, 0.3) is 0 Å². The van der Waals surface area contributed by atoms with Crippen LogP contribution in [-0.2, 0) is 0 Å². The molecule has 0 saturated heterocycles. The number of halogens is 2. The van der Waals surface area contributed by atoms with Crippen molar-refractivity contribution < 1.29 is 0 Å². The van der Waals surface area contributed by atoms with Crippen LogP contribution in [0.1, 0.15) is 0 Å². The molecule has 0 aliphatic heterocycles. The number of nitrogens with one attached hydrogen (secondary N) is 2. The Morgan fingerprint density at radius 3 is 2.67 bits per heavy atom. The molecule has 0 radical (unpaired) electrons. The smallest absolute Gasteiger partial charge is 0.223 e. The zero-order chi connectivity index (χ0) is 13.1. The minimum Gasteiger partial charge on any atom is -0.373 e. The molecule has 5 nitrogen and oxygen atoms in total. The third kappa shape index (κ3) is 3.02. The van der Waals surface area contributed by atoms with Gasteiger partial charge >= 0.3 is 0 Å². The van der Waals surface area contributed by atoms with Crippen molar-refractivity contribution in [1.29, 1.82) is 0 Å². The van der Waals surface area contributed by atoms with Gasteiger partial charge in [0.05, 0.1) is 10.7 Å². The van der Waals surface area contributed by atoms with Gasteiger partial charge < -0.3 is 16.4 Å². The number of anilines is 4. The summed E-state index contributed by atoms with van der Waals surface area (Å²) in [6, 6.07) is 7.26. The molecule has 1 heterocycles. The Hall–Kier alpha value is -1.53. The molecule has 0 saturated carbocycles. The summed E-state index contributed by atoms with van der Waals surface area (Å²) in [6.07, 6.45) is 0. The maximum atomic E-state index is 6.09. The molecule has 0 fully saturated rings. The lowest BCUT2D eigenvalue weighted by atomic mass is 10.3. The number of nitrogens with zero attached hydrogens (tertiary/aromatic N) is 2. The Morgan fingerprint density at radius 1 is 1.22 bits per heavy atom. The van der Waals surface area contributed by atoms with Gasteiger partial charge in [0.1, 0.15) is 11.6 Å². The van der Waals surface area contributed by atoms with Gasteiger partial charge in [-0.2, -0.15) is 9.97 Å². The number of nitrogens with two attached hydrogens (primary N) is 1. The van der Waals surface area contributed by atoms with E-state index >= 15 is 0 Å². The highest BCUT2D eigenvalue weighted by Crippen LogP contribution is 2.28. The van der Waals surface area contributed by atoms with Crippen LogP contribution in [0.5, 0.6) is 0 Å². The molecule has 0 aliphatic rings. The van der Waals surface area contributed by atoms with Gasteiger partial charge in [-0.15, -0.1) is 0 Å². The molecule has 0 bridgehead atoms. The average molecular weight is 329 g/mol. The summed E-state index contributed by atoms with van der Waals surface area (Å²) in [5.74, 6) is 1.40. The van der Waals surface area contributed by atoms with Crippen LogP contribution in [0.4, 0.5) is 23.3 Å². The van der Waals surface area contributed by atoms with E-state index in [1.54, 1.807) is 19.2 Å². The molecule has 0 aliphatic carbocycles. The van der Waals surface area contributed by atoms with Crippen molar-refractivity contribution in [1.82, 2.24) is 9.97 Å². The predicted molar refractivity (Wildman–Crippen MR) is 78.4 cm³/mol. The highest BCUT2D eigenvalue weighted by molar-refractivity contribution is 9.10. The van der Waals surface area contributed by atoms with E-state index in [1.807, 2.05) is 12.1 Å². The maximum Gasteiger partial charge on any atom is 0.223 e. The van der Waals surface area contributed by atoms with Crippen LogP contribution in [0.2, 0.25) is 5.02 Å². The zero-order valence-corrected chi connectivity index (χ0v) is 11.9. The SMILES string of the molecule is CNc1cc(Nc2cc(Br)ccc2Cl)nc(N)n1. The van der Waals surface area contributed by atoms with Gasteiger partial charge in [-0.25, -0.2) is 0 Å². The first-order valence-corrected chi connectivity index (χ1v) is 6.30. The van der Waals surface area contributed by atoms with Crippen molar-refractivity contribution in [3.8, 4) is 0 Å². The van der Waals surface area contributed by atoms with Crippen LogP contribution < -0.4 is 16.4 Å². The molecule has 4 N–H and O–H groups in total. The number of hydrogen-bond donors (Lipinski definition) is 3. The van der Waals surface area contributed by atoms with Crippen molar-refractivity contribution in [3.05, 3.63) is 33.8 Å².